The molecule has 0 bridgehead atoms. The molecule has 160 valence electrons. The summed E-state index contributed by atoms with van der Waals surface area (Å²) >= 11 is 0. The molecule has 2 aromatic carbocycles. The molecule has 2 aromatic rings. The third-order valence-corrected chi connectivity index (χ3v) is 5.65. The standard InChI is InChI=1S/C20H22N2O7S/c1-14-3-9-17(10-4-14)30(26,27)12-11-19(24)29-13-18(23)22-20(25)21-15-5-7-16(28-2)8-6-15/h3-10H,11-13H2,1-2H3,(H2,21,22,23,25). The van der Waals surface area contributed by atoms with Crippen molar-refractivity contribution in [1.29, 1.82) is 0 Å². The number of hydrogen-bond donors (Lipinski definition) is 2. The van der Waals surface area contributed by atoms with Crippen LogP contribution < -0.4 is 15.4 Å². The third kappa shape index (κ3) is 7.21. The lowest BCUT2D eigenvalue weighted by Crippen LogP contribution is -2.37. The number of rotatable bonds is 8. The second kappa shape index (κ2) is 10.4. The summed E-state index contributed by atoms with van der Waals surface area (Å²) in [6.07, 6.45) is -0.415. The first-order valence-corrected chi connectivity index (χ1v) is 10.5. The minimum atomic E-state index is -3.64. The Balaban J connectivity index is 1.73. The Kier molecular flexibility index (Phi) is 7.93. The molecule has 0 aromatic heterocycles. The van der Waals surface area contributed by atoms with E-state index in [2.05, 4.69) is 5.32 Å². The quantitative estimate of drug-likeness (QED) is 0.609. The van der Waals surface area contributed by atoms with E-state index in [-0.39, 0.29) is 4.90 Å². The van der Waals surface area contributed by atoms with Crippen LogP contribution in [0.1, 0.15) is 12.0 Å². The fourth-order valence-corrected chi connectivity index (χ4v) is 3.52. The summed E-state index contributed by atoms with van der Waals surface area (Å²) in [6.45, 7) is 1.12. The predicted molar refractivity (Wildman–Crippen MR) is 109 cm³/mol. The van der Waals surface area contributed by atoms with Crippen LogP contribution >= 0.6 is 0 Å². The minimum Gasteiger partial charge on any atom is -0.497 e. The smallest absolute Gasteiger partial charge is 0.325 e. The van der Waals surface area contributed by atoms with Gasteiger partial charge in [0, 0.05) is 5.69 Å². The zero-order chi connectivity index (χ0) is 22.1. The Morgan fingerprint density at radius 1 is 0.967 bits per heavy atom. The lowest BCUT2D eigenvalue weighted by Gasteiger charge is -2.08. The lowest BCUT2D eigenvalue weighted by molar-refractivity contribution is -0.147. The fraction of sp³-hybridized carbons (Fsp3) is 0.250. The molecule has 0 fully saturated rings. The summed E-state index contributed by atoms with van der Waals surface area (Å²) in [5, 5.41) is 4.43. The van der Waals surface area contributed by atoms with Crippen molar-refractivity contribution in [2.45, 2.75) is 18.2 Å². The third-order valence-electron chi connectivity index (χ3n) is 3.92. The first-order valence-electron chi connectivity index (χ1n) is 8.89. The van der Waals surface area contributed by atoms with Crippen molar-refractivity contribution in [3.8, 4) is 5.75 Å². The number of esters is 1. The van der Waals surface area contributed by atoms with Crippen LogP contribution in [0.25, 0.3) is 0 Å². The fourth-order valence-electron chi connectivity index (χ4n) is 2.30. The van der Waals surface area contributed by atoms with Gasteiger partial charge in [0.1, 0.15) is 5.75 Å². The molecule has 9 nitrogen and oxygen atoms in total. The summed E-state index contributed by atoms with van der Waals surface area (Å²) in [5.74, 6) is -1.56. The highest BCUT2D eigenvalue weighted by Crippen LogP contribution is 2.15. The molecule has 0 radical (unpaired) electrons. The number of imide groups is 1. The predicted octanol–water partition coefficient (Wildman–Crippen LogP) is 2.06. The largest absolute Gasteiger partial charge is 0.497 e. The van der Waals surface area contributed by atoms with Crippen molar-refractivity contribution >= 4 is 33.4 Å². The van der Waals surface area contributed by atoms with E-state index in [0.717, 1.165) is 5.56 Å². The van der Waals surface area contributed by atoms with Gasteiger partial charge in [-0.15, -0.1) is 0 Å². The lowest BCUT2D eigenvalue weighted by atomic mass is 10.2. The van der Waals surface area contributed by atoms with Crippen molar-refractivity contribution in [1.82, 2.24) is 5.32 Å². The molecule has 3 amide bonds. The number of sulfone groups is 1. The second-order valence-electron chi connectivity index (χ2n) is 6.27. The van der Waals surface area contributed by atoms with Gasteiger partial charge in [-0.05, 0) is 43.3 Å². The van der Waals surface area contributed by atoms with E-state index in [1.54, 1.807) is 36.4 Å². The Bertz CT molecular complexity index is 1000. The maximum atomic E-state index is 12.2. The van der Waals surface area contributed by atoms with Gasteiger partial charge in [-0.3, -0.25) is 14.9 Å². The topological polar surface area (TPSA) is 128 Å². The number of hydrogen-bond acceptors (Lipinski definition) is 7. The van der Waals surface area contributed by atoms with Crippen LogP contribution in [0, 0.1) is 6.92 Å². The molecule has 2 rings (SSSR count). The number of nitrogens with one attached hydrogen (secondary N) is 2. The molecule has 0 unspecified atom stereocenters. The van der Waals surface area contributed by atoms with Gasteiger partial charge >= 0.3 is 12.0 Å². The summed E-state index contributed by atoms with van der Waals surface area (Å²) in [6, 6.07) is 11.9. The number of carbonyl (C=O) groups excluding carboxylic acids is 3. The number of anilines is 1. The molecule has 0 aliphatic carbocycles. The number of carbonyl (C=O) groups is 3. The Morgan fingerprint density at radius 3 is 2.20 bits per heavy atom. The SMILES string of the molecule is COc1ccc(NC(=O)NC(=O)COC(=O)CCS(=O)(=O)c2ccc(C)cc2)cc1. The zero-order valence-corrected chi connectivity index (χ0v) is 17.3. The van der Waals surface area contributed by atoms with Crippen LogP contribution in [0.3, 0.4) is 0 Å². The summed E-state index contributed by atoms with van der Waals surface area (Å²) in [4.78, 5) is 35.3. The van der Waals surface area contributed by atoms with Gasteiger partial charge in [0.05, 0.1) is 24.2 Å². The Morgan fingerprint density at radius 2 is 1.60 bits per heavy atom. The highest BCUT2D eigenvalue weighted by molar-refractivity contribution is 7.91. The van der Waals surface area contributed by atoms with Crippen LogP contribution in [0.4, 0.5) is 10.5 Å². The van der Waals surface area contributed by atoms with Crippen LogP contribution in [-0.4, -0.2) is 45.8 Å². The number of ether oxygens (including phenoxy) is 2. The maximum Gasteiger partial charge on any atom is 0.325 e. The Hall–Kier alpha value is -3.40. The zero-order valence-electron chi connectivity index (χ0n) is 16.5. The van der Waals surface area contributed by atoms with Gasteiger partial charge in [-0.2, -0.15) is 0 Å². The van der Waals surface area contributed by atoms with Crippen molar-refractivity contribution in [3.05, 3.63) is 54.1 Å². The highest BCUT2D eigenvalue weighted by atomic mass is 32.2. The van der Waals surface area contributed by atoms with Gasteiger partial charge < -0.3 is 14.8 Å². The average Bonchev–Trinajstić information content (AvgIpc) is 2.71. The molecule has 0 spiro atoms. The van der Waals surface area contributed by atoms with Crippen molar-refractivity contribution in [2.75, 3.05) is 24.8 Å². The van der Waals surface area contributed by atoms with Crippen LogP contribution in [-0.2, 0) is 24.2 Å². The Labute approximate surface area is 174 Å². The van der Waals surface area contributed by atoms with E-state index < -0.39 is 46.5 Å². The van der Waals surface area contributed by atoms with Gasteiger partial charge in [-0.25, -0.2) is 13.2 Å². The van der Waals surface area contributed by atoms with E-state index in [0.29, 0.717) is 11.4 Å². The first kappa shape index (κ1) is 22.9. The number of urea groups is 1. The molecule has 0 saturated heterocycles. The van der Waals surface area contributed by atoms with Crippen LogP contribution in [0.5, 0.6) is 5.75 Å². The van der Waals surface area contributed by atoms with Crippen molar-refractivity contribution < 1.29 is 32.3 Å². The number of amides is 3. The molecule has 0 saturated carbocycles. The van der Waals surface area contributed by atoms with Gasteiger partial charge in [0.15, 0.2) is 16.4 Å². The number of benzene rings is 2. The van der Waals surface area contributed by atoms with E-state index in [9.17, 15) is 22.8 Å². The summed E-state index contributed by atoms with van der Waals surface area (Å²) in [5.41, 5.74) is 1.34. The van der Waals surface area contributed by atoms with Crippen LogP contribution in [0.15, 0.2) is 53.4 Å². The number of methoxy groups -OCH3 is 1. The minimum absolute atomic E-state index is 0.105. The normalized spacial score (nSPS) is 10.7. The van der Waals surface area contributed by atoms with Crippen molar-refractivity contribution in [2.24, 2.45) is 0 Å². The number of aryl methyl sites for hydroxylation is 1. The molecular weight excluding hydrogens is 412 g/mol. The molecule has 0 aliphatic rings. The molecule has 0 atom stereocenters. The van der Waals surface area contributed by atoms with Gasteiger partial charge in [-0.1, -0.05) is 17.7 Å². The average molecular weight is 434 g/mol. The molecule has 0 heterocycles. The van der Waals surface area contributed by atoms with Crippen molar-refractivity contribution in [3.63, 3.8) is 0 Å². The van der Waals surface area contributed by atoms with Crippen LogP contribution in [0.2, 0.25) is 0 Å². The molecule has 2 N–H and O–H groups in total. The first-order chi connectivity index (χ1) is 14.2. The summed E-state index contributed by atoms with van der Waals surface area (Å²) < 4.78 is 34.1. The van der Waals surface area contributed by atoms with E-state index >= 15 is 0 Å². The highest BCUT2D eigenvalue weighted by Gasteiger charge is 2.18. The molecule has 10 heteroatoms. The van der Waals surface area contributed by atoms with E-state index in [1.807, 2.05) is 12.2 Å². The van der Waals surface area contributed by atoms with E-state index in [1.165, 1.54) is 19.2 Å². The summed E-state index contributed by atoms with van der Waals surface area (Å²) in [7, 11) is -2.14. The van der Waals surface area contributed by atoms with E-state index in [4.69, 9.17) is 9.47 Å². The van der Waals surface area contributed by atoms with Gasteiger partial charge in [0.2, 0.25) is 0 Å². The maximum absolute atomic E-state index is 12.2. The van der Waals surface area contributed by atoms with Gasteiger partial charge in [0.25, 0.3) is 5.91 Å². The second-order valence-corrected chi connectivity index (χ2v) is 8.38. The monoisotopic (exact) mass is 434 g/mol. The molecular formula is C20H22N2O7S. The molecule has 0 aliphatic heterocycles. The molecule has 30 heavy (non-hydrogen) atoms.